The summed E-state index contributed by atoms with van der Waals surface area (Å²) in [6, 6.07) is 2.26. The standard InChI is InChI=1S/C18H18N2S2/c1-4-12-8-15(21-11-12)13-10-20-14-6-5-7-18(2,3)9-16(14)22-17(20)19-13/h5-11H,4H2,1-3H3. The van der Waals surface area contributed by atoms with E-state index in [2.05, 4.69) is 67.1 Å². The summed E-state index contributed by atoms with van der Waals surface area (Å²) in [6.45, 7) is 6.66. The van der Waals surface area contributed by atoms with Gasteiger partial charge in [0.25, 0.3) is 0 Å². The summed E-state index contributed by atoms with van der Waals surface area (Å²) in [7, 11) is 0. The Kier molecular flexibility index (Phi) is 3.13. The SMILES string of the molecule is CCc1csc(-c2cn3c4c(sc3n2)=CC(C)(C)C=CC=4)c1. The molecule has 0 fully saturated rings. The number of hydrogen-bond donors (Lipinski definition) is 0. The largest absolute Gasteiger partial charge is 0.290 e. The average molecular weight is 326 g/mol. The van der Waals surface area contributed by atoms with Crippen LogP contribution in [0.1, 0.15) is 26.3 Å². The van der Waals surface area contributed by atoms with Crippen LogP contribution in [0.15, 0.2) is 29.8 Å². The number of allylic oxidation sites excluding steroid dienone is 2. The fourth-order valence-corrected chi connectivity index (χ4v) is 4.91. The molecule has 0 spiro atoms. The first kappa shape index (κ1) is 14.0. The minimum atomic E-state index is 0.0945. The molecule has 2 nitrogen and oxygen atoms in total. The first-order chi connectivity index (χ1) is 10.6. The molecule has 1 aliphatic carbocycles. The predicted octanol–water partition coefficient (Wildman–Crippen LogP) is 3.84. The number of nitrogens with zero attached hydrogens (tertiary/aromatic N) is 2. The second-order valence-corrected chi connectivity index (χ2v) is 8.21. The molecule has 112 valence electrons. The third-order valence-electron chi connectivity index (χ3n) is 3.98. The summed E-state index contributed by atoms with van der Waals surface area (Å²) < 4.78 is 3.53. The highest BCUT2D eigenvalue weighted by Crippen LogP contribution is 2.27. The summed E-state index contributed by atoms with van der Waals surface area (Å²) in [5.41, 5.74) is 2.57. The van der Waals surface area contributed by atoms with Gasteiger partial charge in [-0.2, -0.15) is 0 Å². The van der Waals surface area contributed by atoms with E-state index in [9.17, 15) is 0 Å². The van der Waals surface area contributed by atoms with Crippen LogP contribution in [0.5, 0.6) is 0 Å². The van der Waals surface area contributed by atoms with Crippen molar-refractivity contribution in [1.29, 1.82) is 0 Å². The molecule has 3 aromatic heterocycles. The quantitative estimate of drug-likeness (QED) is 0.699. The zero-order valence-corrected chi connectivity index (χ0v) is 14.6. The van der Waals surface area contributed by atoms with E-state index in [-0.39, 0.29) is 5.41 Å². The Balaban J connectivity index is 1.91. The molecule has 3 aromatic rings. The van der Waals surface area contributed by atoms with E-state index in [1.54, 1.807) is 22.7 Å². The number of hydrogen-bond acceptors (Lipinski definition) is 3. The van der Waals surface area contributed by atoms with Crippen molar-refractivity contribution in [3.63, 3.8) is 0 Å². The number of imidazole rings is 1. The van der Waals surface area contributed by atoms with Crippen LogP contribution < -0.4 is 9.88 Å². The van der Waals surface area contributed by atoms with Gasteiger partial charge in [0, 0.05) is 11.6 Å². The molecule has 0 bridgehead atoms. The van der Waals surface area contributed by atoms with Crippen molar-refractivity contribution in [1.82, 2.24) is 9.38 Å². The van der Waals surface area contributed by atoms with E-state index in [4.69, 9.17) is 4.98 Å². The minimum Gasteiger partial charge on any atom is -0.290 e. The van der Waals surface area contributed by atoms with Crippen molar-refractivity contribution in [2.75, 3.05) is 0 Å². The van der Waals surface area contributed by atoms with Gasteiger partial charge in [0.2, 0.25) is 0 Å². The van der Waals surface area contributed by atoms with E-state index in [1.807, 2.05) is 0 Å². The lowest BCUT2D eigenvalue weighted by Crippen LogP contribution is -2.24. The molecule has 0 N–H and O–H groups in total. The zero-order chi connectivity index (χ0) is 15.3. The maximum atomic E-state index is 4.84. The van der Waals surface area contributed by atoms with Crippen molar-refractivity contribution >= 4 is 39.8 Å². The molecule has 0 atom stereocenters. The lowest BCUT2D eigenvalue weighted by atomic mass is 9.93. The Morgan fingerprint density at radius 1 is 1.32 bits per heavy atom. The number of fused-ring (bicyclic) bond motifs is 3. The molecule has 0 radical (unpaired) electrons. The Hall–Kier alpha value is -1.65. The Bertz CT molecular complexity index is 996. The van der Waals surface area contributed by atoms with Gasteiger partial charge >= 0.3 is 0 Å². The number of aromatic nitrogens is 2. The third kappa shape index (κ3) is 2.27. The minimum absolute atomic E-state index is 0.0945. The molecule has 4 rings (SSSR count). The topological polar surface area (TPSA) is 17.3 Å². The van der Waals surface area contributed by atoms with E-state index in [0.29, 0.717) is 0 Å². The summed E-state index contributed by atoms with van der Waals surface area (Å²) >= 11 is 3.56. The van der Waals surface area contributed by atoms with E-state index >= 15 is 0 Å². The van der Waals surface area contributed by atoms with Crippen LogP contribution in [-0.4, -0.2) is 9.38 Å². The average Bonchev–Trinajstić information content (AvgIpc) is 3.11. The highest BCUT2D eigenvalue weighted by molar-refractivity contribution is 7.15. The monoisotopic (exact) mass is 326 g/mol. The van der Waals surface area contributed by atoms with Crippen LogP contribution in [0.25, 0.3) is 27.7 Å². The molecule has 0 saturated carbocycles. The fourth-order valence-electron chi connectivity index (χ4n) is 2.73. The lowest BCUT2D eigenvalue weighted by molar-refractivity contribution is 0.671. The van der Waals surface area contributed by atoms with Crippen LogP contribution in [0.2, 0.25) is 0 Å². The molecule has 4 heteroatoms. The number of thiophene rings is 1. The van der Waals surface area contributed by atoms with Gasteiger partial charge in [-0.15, -0.1) is 11.3 Å². The molecule has 3 heterocycles. The van der Waals surface area contributed by atoms with Crippen LogP contribution in [0.3, 0.4) is 0 Å². The second-order valence-electron chi connectivity index (χ2n) is 6.29. The van der Waals surface area contributed by atoms with Crippen molar-refractivity contribution < 1.29 is 0 Å². The summed E-state index contributed by atoms with van der Waals surface area (Å²) in [4.78, 5) is 7.18. The van der Waals surface area contributed by atoms with Crippen molar-refractivity contribution in [2.24, 2.45) is 5.41 Å². The van der Waals surface area contributed by atoms with E-state index in [0.717, 1.165) is 17.1 Å². The normalized spacial score (nSPS) is 16.1. The summed E-state index contributed by atoms with van der Waals surface area (Å²) in [5.74, 6) is 0. The third-order valence-corrected chi connectivity index (χ3v) is 6.00. The smallest absolute Gasteiger partial charge is 0.195 e. The Labute approximate surface area is 137 Å². The number of thiazole rings is 1. The van der Waals surface area contributed by atoms with Gasteiger partial charge in [0.05, 0.1) is 14.8 Å². The van der Waals surface area contributed by atoms with Gasteiger partial charge in [0.15, 0.2) is 4.96 Å². The fraction of sp³-hybridized carbons (Fsp3) is 0.278. The summed E-state index contributed by atoms with van der Waals surface area (Å²) in [6.07, 6.45) is 12.2. The van der Waals surface area contributed by atoms with Gasteiger partial charge in [-0.25, -0.2) is 4.98 Å². The first-order valence-electron chi connectivity index (χ1n) is 7.54. The second kappa shape index (κ2) is 4.93. The predicted molar refractivity (Wildman–Crippen MR) is 96.9 cm³/mol. The van der Waals surface area contributed by atoms with Gasteiger partial charge in [-0.1, -0.05) is 50.3 Å². The maximum absolute atomic E-state index is 4.84. The van der Waals surface area contributed by atoms with Crippen molar-refractivity contribution in [3.05, 3.63) is 45.2 Å². The van der Waals surface area contributed by atoms with Crippen molar-refractivity contribution in [2.45, 2.75) is 27.2 Å². The van der Waals surface area contributed by atoms with E-state index < -0.39 is 0 Å². The number of aryl methyl sites for hydroxylation is 1. The molecule has 1 aliphatic rings. The first-order valence-corrected chi connectivity index (χ1v) is 9.23. The maximum Gasteiger partial charge on any atom is 0.195 e. The van der Waals surface area contributed by atoms with Crippen LogP contribution >= 0.6 is 22.7 Å². The van der Waals surface area contributed by atoms with Gasteiger partial charge in [-0.05, 0) is 29.5 Å². The summed E-state index contributed by atoms with van der Waals surface area (Å²) in [5, 5.41) is 3.47. The molecular formula is C18H18N2S2. The highest BCUT2D eigenvalue weighted by atomic mass is 32.1. The number of rotatable bonds is 2. The van der Waals surface area contributed by atoms with Gasteiger partial charge in [-0.3, -0.25) is 4.40 Å². The van der Waals surface area contributed by atoms with Crippen molar-refractivity contribution in [3.8, 4) is 10.6 Å². The lowest BCUT2D eigenvalue weighted by Gasteiger charge is -2.11. The molecule has 22 heavy (non-hydrogen) atoms. The molecule has 0 aliphatic heterocycles. The highest BCUT2D eigenvalue weighted by Gasteiger charge is 2.15. The molecular weight excluding hydrogens is 308 g/mol. The molecule has 0 aromatic carbocycles. The molecule has 0 unspecified atom stereocenters. The molecule has 0 amide bonds. The van der Waals surface area contributed by atoms with Gasteiger partial charge < -0.3 is 0 Å². The zero-order valence-electron chi connectivity index (χ0n) is 13.0. The van der Waals surface area contributed by atoms with Crippen LogP contribution in [-0.2, 0) is 6.42 Å². The molecule has 0 saturated heterocycles. The Morgan fingerprint density at radius 2 is 2.18 bits per heavy atom. The Morgan fingerprint density at radius 3 is 2.95 bits per heavy atom. The van der Waals surface area contributed by atoms with Gasteiger partial charge in [0.1, 0.15) is 5.69 Å². The van der Waals surface area contributed by atoms with Crippen LogP contribution in [0.4, 0.5) is 0 Å². The van der Waals surface area contributed by atoms with E-state index in [1.165, 1.54) is 20.3 Å². The van der Waals surface area contributed by atoms with Crippen LogP contribution in [0, 0.1) is 5.41 Å².